The van der Waals surface area contributed by atoms with Gasteiger partial charge in [-0.25, -0.2) is 9.99 Å². The number of aliphatic carboxylic acids is 1. The van der Waals surface area contributed by atoms with Crippen LogP contribution < -0.4 is 9.47 Å². The largest absolute Gasteiger partial charge is 0.497 e. The lowest BCUT2D eigenvalue weighted by atomic mass is 9.97. The highest BCUT2D eigenvalue weighted by molar-refractivity contribution is 6.30. The minimum Gasteiger partial charge on any atom is -0.497 e. The molecule has 0 bridgehead atoms. The van der Waals surface area contributed by atoms with Crippen LogP contribution in [-0.4, -0.2) is 46.9 Å². The summed E-state index contributed by atoms with van der Waals surface area (Å²) in [5, 5.41) is 16.1. The van der Waals surface area contributed by atoms with Gasteiger partial charge in [0.25, 0.3) is 0 Å². The maximum Gasteiger partial charge on any atom is 0.303 e. The van der Waals surface area contributed by atoms with Gasteiger partial charge in [-0.1, -0.05) is 23.7 Å². The van der Waals surface area contributed by atoms with Gasteiger partial charge in [-0.05, 0) is 36.8 Å². The lowest BCUT2D eigenvalue weighted by Crippen LogP contribution is -2.27. The maximum absolute atomic E-state index is 13.0. The molecule has 0 aliphatic carbocycles. The van der Waals surface area contributed by atoms with Crippen molar-refractivity contribution >= 4 is 40.1 Å². The van der Waals surface area contributed by atoms with Gasteiger partial charge in [-0.15, -0.1) is 0 Å². The Morgan fingerprint density at radius 2 is 1.91 bits per heavy atom. The van der Waals surface area contributed by atoms with E-state index in [0.717, 1.165) is 16.5 Å². The molecule has 0 spiro atoms. The Morgan fingerprint density at radius 3 is 2.62 bits per heavy atom. The Bertz CT molecular complexity index is 1310. The van der Waals surface area contributed by atoms with Crippen LogP contribution in [0.4, 0.5) is 0 Å². The number of nitrogens with zero attached hydrogens (tertiary/aromatic N) is 3. The molecule has 8 nitrogen and oxygen atoms in total. The fourth-order valence-corrected chi connectivity index (χ4v) is 4.29. The summed E-state index contributed by atoms with van der Waals surface area (Å²) in [6.07, 6.45) is -0.109. The Balaban J connectivity index is 1.77. The third-order valence-corrected chi connectivity index (χ3v) is 6.05. The normalized spacial score (nSPS) is 15.4. The number of aromatic nitrogens is 1. The molecule has 9 heteroatoms. The van der Waals surface area contributed by atoms with Crippen LogP contribution in [0.15, 0.2) is 47.6 Å². The molecule has 4 rings (SSSR count). The van der Waals surface area contributed by atoms with Crippen molar-refractivity contribution in [2.45, 2.75) is 32.2 Å². The summed E-state index contributed by atoms with van der Waals surface area (Å²) in [7, 11) is 3.11. The molecule has 34 heavy (non-hydrogen) atoms. The molecule has 0 saturated heterocycles. The fraction of sp³-hybridized carbons (Fsp3) is 0.280. The van der Waals surface area contributed by atoms with Crippen LogP contribution in [0.5, 0.6) is 11.5 Å². The fourth-order valence-electron chi connectivity index (χ4n) is 4.01. The maximum atomic E-state index is 13.0. The van der Waals surface area contributed by atoms with Crippen molar-refractivity contribution in [3.63, 3.8) is 0 Å². The number of carboxylic acid groups (broad SMARTS) is 1. The first-order valence-electron chi connectivity index (χ1n) is 10.7. The number of aryl methyl sites for hydroxylation is 1. The lowest BCUT2D eigenvalue weighted by Gasteiger charge is -2.23. The quantitative estimate of drug-likeness (QED) is 0.488. The van der Waals surface area contributed by atoms with Gasteiger partial charge >= 0.3 is 5.97 Å². The Kier molecular flexibility index (Phi) is 6.70. The predicted octanol–water partition coefficient (Wildman–Crippen LogP) is 4.76. The molecule has 1 aromatic heterocycles. The van der Waals surface area contributed by atoms with Gasteiger partial charge in [0.15, 0.2) is 0 Å². The van der Waals surface area contributed by atoms with Crippen LogP contribution in [0.25, 0.3) is 10.9 Å². The summed E-state index contributed by atoms with van der Waals surface area (Å²) >= 11 is 6.59. The van der Waals surface area contributed by atoms with E-state index in [1.54, 1.807) is 26.4 Å². The molecule has 176 valence electrons. The number of carbonyl (C=O) groups is 2. The zero-order valence-corrected chi connectivity index (χ0v) is 19.8. The average Bonchev–Trinajstić information content (AvgIpc) is 3.26. The molecule has 1 unspecified atom stereocenters. The van der Waals surface area contributed by atoms with Crippen molar-refractivity contribution < 1.29 is 24.2 Å². The van der Waals surface area contributed by atoms with E-state index in [1.165, 1.54) is 5.01 Å². The molecular formula is C25H24ClN3O5. The molecule has 0 fully saturated rings. The second-order valence-electron chi connectivity index (χ2n) is 8.03. The summed E-state index contributed by atoms with van der Waals surface area (Å²) in [5.41, 5.74) is 3.80. The number of hydrazone groups is 1. The van der Waals surface area contributed by atoms with Crippen LogP contribution in [0.3, 0.4) is 0 Å². The standard InChI is InChI=1S/C25H24ClN3O5/c1-14-4-5-15-11-18(25(26)27-19(15)10-14)21-13-20(28-29(21)23(30)8-9-24(31)32)17-7-6-16(33-2)12-22(17)34-3/h4-7,10-12,21H,8-9,13H2,1-3H3,(H,31,32). The topological polar surface area (TPSA) is 101 Å². The number of rotatable bonds is 7. The highest BCUT2D eigenvalue weighted by Gasteiger charge is 2.35. The number of hydrogen-bond acceptors (Lipinski definition) is 6. The first-order valence-corrected chi connectivity index (χ1v) is 11.1. The number of hydrogen-bond donors (Lipinski definition) is 1. The molecular weight excluding hydrogens is 458 g/mol. The molecule has 3 aromatic rings. The molecule has 0 radical (unpaired) electrons. The minimum atomic E-state index is -1.05. The van der Waals surface area contributed by atoms with Crippen molar-refractivity contribution in [2.75, 3.05) is 14.2 Å². The van der Waals surface area contributed by atoms with E-state index in [0.29, 0.717) is 34.8 Å². The SMILES string of the molecule is COc1ccc(C2=NN(C(=O)CCC(=O)O)C(c3cc4ccc(C)cc4nc3Cl)C2)c(OC)c1. The van der Waals surface area contributed by atoms with Crippen LogP contribution >= 0.6 is 11.6 Å². The van der Waals surface area contributed by atoms with Gasteiger partial charge in [0.2, 0.25) is 5.91 Å². The number of pyridine rings is 1. The van der Waals surface area contributed by atoms with Crippen molar-refractivity contribution in [3.8, 4) is 11.5 Å². The molecule has 1 aliphatic heterocycles. The van der Waals surface area contributed by atoms with E-state index in [9.17, 15) is 9.59 Å². The highest BCUT2D eigenvalue weighted by Crippen LogP contribution is 2.39. The number of carboxylic acids is 1. The summed E-state index contributed by atoms with van der Waals surface area (Å²) < 4.78 is 10.8. The molecule has 2 aromatic carbocycles. The monoisotopic (exact) mass is 481 g/mol. The van der Waals surface area contributed by atoms with E-state index in [-0.39, 0.29) is 18.0 Å². The second-order valence-corrected chi connectivity index (χ2v) is 8.39. The molecule has 1 aliphatic rings. The third kappa shape index (κ3) is 4.68. The van der Waals surface area contributed by atoms with Crippen LogP contribution in [0, 0.1) is 6.92 Å². The number of carbonyl (C=O) groups excluding carboxylic acids is 1. The molecule has 1 N–H and O–H groups in total. The minimum absolute atomic E-state index is 0.180. The van der Waals surface area contributed by atoms with Crippen LogP contribution in [0.2, 0.25) is 5.15 Å². The number of ether oxygens (including phenoxy) is 2. The number of benzene rings is 2. The van der Waals surface area contributed by atoms with E-state index in [2.05, 4.69) is 10.1 Å². The van der Waals surface area contributed by atoms with Gasteiger partial charge < -0.3 is 14.6 Å². The number of halogens is 1. The van der Waals surface area contributed by atoms with Gasteiger partial charge in [-0.2, -0.15) is 5.10 Å². The second kappa shape index (κ2) is 9.69. The predicted molar refractivity (Wildman–Crippen MR) is 129 cm³/mol. The lowest BCUT2D eigenvalue weighted by molar-refractivity contribution is -0.141. The van der Waals surface area contributed by atoms with Gasteiger partial charge in [-0.3, -0.25) is 9.59 Å². The van der Waals surface area contributed by atoms with E-state index in [1.807, 2.05) is 37.3 Å². The summed E-state index contributed by atoms with van der Waals surface area (Å²) in [6, 6.07) is 12.6. The Labute approximate surface area is 201 Å². The van der Waals surface area contributed by atoms with Gasteiger partial charge in [0.05, 0.1) is 37.9 Å². The molecule has 1 atom stereocenters. The highest BCUT2D eigenvalue weighted by atomic mass is 35.5. The Hall–Kier alpha value is -3.65. The van der Waals surface area contributed by atoms with Crippen LogP contribution in [-0.2, 0) is 9.59 Å². The van der Waals surface area contributed by atoms with E-state index in [4.69, 9.17) is 26.2 Å². The zero-order chi connectivity index (χ0) is 24.4. The number of amides is 1. The van der Waals surface area contributed by atoms with E-state index < -0.39 is 17.9 Å². The summed E-state index contributed by atoms with van der Waals surface area (Å²) in [4.78, 5) is 28.6. The summed E-state index contributed by atoms with van der Waals surface area (Å²) in [5.74, 6) is -0.280. The van der Waals surface area contributed by atoms with Crippen LogP contribution in [0.1, 0.15) is 42.0 Å². The van der Waals surface area contributed by atoms with E-state index >= 15 is 0 Å². The first kappa shape index (κ1) is 23.5. The molecule has 1 amide bonds. The van der Waals surface area contributed by atoms with Gasteiger partial charge in [0, 0.05) is 35.4 Å². The van der Waals surface area contributed by atoms with Crippen molar-refractivity contribution in [1.29, 1.82) is 0 Å². The number of methoxy groups -OCH3 is 2. The first-order chi connectivity index (χ1) is 16.3. The third-order valence-electron chi connectivity index (χ3n) is 5.75. The van der Waals surface area contributed by atoms with Crippen molar-refractivity contribution in [3.05, 3.63) is 64.3 Å². The van der Waals surface area contributed by atoms with Gasteiger partial charge in [0.1, 0.15) is 16.7 Å². The van der Waals surface area contributed by atoms with Crippen molar-refractivity contribution in [2.24, 2.45) is 5.10 Å². The smallest absolute Gasteiger partial charge is 0.303 e. The number of fused-ring (bicyclic) bond motifs is 1. The summed E-state index contributed by atoms with van der Waals surface area (Å²) in [6.45, 7) is 1.98. The zero-order valence-electron chi connectivity index (χ0n) is 19.0. The average molecular weight is 482 g/mol. The molecule has 2 heterocycles. The molecule has 0 saturated carbocycles. The van der Waals surface area contributed by atoms with Crippen molar-refractivity contribution in [1.82, 2.24) is 9.99 Å². The Morgan fingerprint density at radius 1 is 1.12 bits per heavy atom.